The zero-order valence-corrected chi connectivity index (χ0v) is 13.2. The van der Waals surface area contributed by atoms with Crippen LogP contribution in [0.3, 0.4) is 0 Å². The van der Waals surface area contributed by atoms with Crippen LogP contribution in [0.15, 0.2) is 59.6 Å². The van der Waals surface area contributed by atoms with Gasteiger partial charge in [-0.05, 0) is 24.3 Å². The highest BCUT2D eigenvalue weighted by molar-refractivity contribution is 7.89. The van der Waals surface area contributed by atoms with E-state index in [0.29, 0.717) is 10.6 Å². The van der Waals surface area contributed by atoms with Gasteiger partial charge in [-0.25, -0.2) is 22.6 Å². The van der Waals surface area contributed by atoms with Crippen LogP contribution in [-0.2, 0) is 10.0 Å². The molecule has 0 spiro atoms. The van der Waals surface area contributed by atoms with Gasteiger partial charge in [0.1, 0.15) is 10.6 Å². The predicted octanol–water partition coefficient (Wildman–Crippen LogP) is 2.98. The Balaban J connectivity index is 2.27. The van der Waals surface area contributed by atoms with Crippen molar-refractivity contribution in [2.24, 2.45) is 5.14 Å². The lowest BCUT2D eigenvalue weighted by Gasteiger charge is -2.11. The van der Waals surface area contributed by atoms with Crippen molar-refractivity contribution in [3.05, 3.63) is 65.6 Å². The van der Waals surface area contributed by atoms with Gasteiger partial charge in [-0.3, -0.25) is 0 Å². The highest BCUT2D eigenvalue weighted by atomic mass is 35.5. The number of halogens is 2. The number of benzene rings is 2. The number of sulfonamides is 1. The molecule has 0 fully saturated rings. The second-order valence-corrected chi connectivity index (χ2v) is 6.74. The van der Waals surface area contributed by atoms with Crippen LogP contribution in [0, 0.1) is 5.82 Å². The number of aromatic nitrogens is 2. The van der Waals surface area contributed by atoms with Crippen molar-refractivity contribution in [1.29, 1.82) is 0 Å². The molecule has 0 aliphatic heterocycles. The molecule has 1 heterocycles. The maximum Gasteiger partial charge on any atom is 0.240 e. The van der Waals surface area contributed by atoms with Gasteiger partial charge in [0.05, 0.1) is 11.9 Å². The summed E-state index contributed by atoms with van der Waals surface area (Å²) in [6.07, 6.45) is 1.02. The monoisotopic (exact) mass is 351 g/mol. The van der Waals surface area contributed by atoms with Crippen LogP contribution in [0.1, 0.15) is 0 Å². The maximum absolute atomic E-state index is 14.2. The molecule has 23 heavy (non-hydrogen) atoms. The second-order valence-electron chi connectivity index (χ2n) is 4.77. The third-order valence-corrected chi connectivity index (χ3v) is 4.45. The minimum atomic E-state index is -3.98. The number of nitrogens with two attached hydrogens (primary N) is 1. The molecule has 0 saturated carbocycles. The number of para-hydroxylation sites is 1. The molecule has 118 valence electrons. The molecular weight excluding hydrogens is 341 g/mol. The Hall–Kier alpha value is -2.22. The SMILES string of the molecule is NS(=O)(=O)c1ccccc1-n1ncc(F)c1-c1ccc(Cl)cc1. The summed E-state index contributed by atoms with van der Waals surface area (Å²) in [7, 11) is -3.98. The molecule has 5 nitrogen and oxygen atoms in total. The Bertz CT molecular complexity index is 969. The first-order valence-electron chi connectivity index (χ1n) is 6.49. The molecule has 8 heteroatoms. The lowest BCUT2D eigenvalue weighted by molar-refractivity contribution is 0.596. The average Bonchev–Trinajstić information content (AvgIpc) is 2.89. The maximum atomic E-state index is 14.2. The largest absolute Gasteiger partial charge is 0.240 e. The third-order valence-electron chi connectivity index (χ3n) is 3.24. The minimum Gasteiger partial charge on any atom is -0.229 e. The van der Waals surface area contributed by atoms with Crippen molar-refractivity contribution < 1.29 is 12.8 Å². The van der Waals surface area contributed by atoms with Crippen molar-refractivity contribution in [2.75, 3.05) is 0 Å². The van der Waals surface area contributed by atoms with Gasteiger partial charge in [0.25, 0.3) is 0 Å². The Morgan fingerprint density at radius 3 is 2.39 bits per heavy atom. The first-order chi connectivity index (χ1) is 10.9. The van der Waals surface area contributed by atoms with E-state index in [-0.39, 0.29) is 16.3 Å². The van der Waals surface area contributed by atoms with Crippen molar-refractivity contribution >= 4 is 21.6 Å². The second kappa shape index (κ2) is 5.77. The fourth-order valence-electron chi connectivity index (χ4n) is 2.25. The molecule has 1 aromatic heterocycles. The number of nitrogens with zero attached hydrogens (tertiary/aromatic N) is 2. The Labute approximate surface area is 137 Å². The Morgan fingerprint density at radius 1 is 1.09 bits per heavy atom. The quantitative estimate of drug-likeness (QED) is 0.788. The molecule has 0 saturated heterocycles. The number of rotatable bonds is 3. The van der Waals surface area contributed by atoms with Gasteiger partial charge in [-0.2, -0.15) is 5.10 Å². The number of primary sulfonamides is 1. The van der Waals surface area contributed by atoms with Crippen LogP contribution in [-0.4, -0.2) is 18.2 Å². The van der Waals surface area contributed by atoms with Crippen molar-refractivity contribution in [1.82, 2.24) is 9.78 Å². The zero-order chi connectivity index (χ0) is 16.6. The van der Waals surface area contributed by atoms with E-state index >= 15 is 0 Å². The molecular formula is C15H11ClFN3O2S. The normalized spacial score (nSPS) is 11.6. The van der Waals surface area contributed by atoms with E-state index in [2.05, 4.69) is 5.10 Å². The molecule has 0 radical (unpaired) electrons. The minimum absolute atomic E-state index is 0.123. The van der Waals surface area contributed by atoms with Gasteiger partial charge in [0.2, 0.25) is 10.0 Å². The summed E-state index contributed by atoms with van der Waals surface area (Å²) in [5, 5.41) is 9.68. The van der Waals surface area contributed by atoms with E-state index in [1.807, 2.05) is 0 Å². The van der Waals surface area contributed by atoms with Crippen molar-refractivity contribution in [3.63, 3.8) is 0 Å². The number of hydrogen-bond acceptors (Lipinski definition) is 3. The lowest BCUT2D eigenvalue weighted by Crippen LogP contribution is -2.16. The first-order valence-corrected chi connectivity index (χ1v) is 8.42. The van der Waals surface area contributed by atoms with Gasteiger partial charge in [0, 0.05) is 10.6 Å². The van der Waals surface area contributed by atoms with E-state index in [9.17, 15) is 12.8 Å². The average molecular weight is 352 g/mol. The van der Waals surface area contributed by atoms with Gasteiger partial charge < -0.3 is 0 Å². The van der Waals surface area contributed by atoms with Crippen LogP contribution in [0.5, 0.6) is 0 Å². The zero-order valence-electron chi connectivity index (χ0n) is 11.6. The fraction of sp³-hybridized carbons (Fsp3) is 0. The van der Waals surface area contributed by atoms with E-state index < -0.39 is 15.8 Å². The fourth-order valence-corrected chi connectivity index (χ4v) is 3.09. The first kappa shape index (κ1) is 15.7. The van der Waals surface area contributed by atoms with Crippen LogP contribution < -0.4 is 5.14 Å². The van der Waals surface area contributed by atoms with Crippen molar-refractivity contribution in [2.45, 2.75) is 4.90 Å². The van der Waals surface area contributed by atoms with Crippen LogP contribution in [0.2, 0.25) is 5.02 Å². The highest BCUT2D eigenvalue weighted by Crippen LogP contribution is 2.29. The summed E-state index contributed by atoms with van der Waals surface area (Å²) in [5.41, 5.74) is 0.801. The molecule has 2 N–H and O–H groups in total. The molecule has 0 unspecified atom stereocenters. The van der Waals surface area contributed by atoms with Crippen LogP contribution >= 0.6 is 11.6 Å². The van der Waals surface area contributed by atoms with Gasteiger partial charge in [-0.1, -0.05) is 35.9 Å². The summed E-state index contributed by atoms with van der Waals surface area (Å²) in [6, 6.07) is 12.5. The van der Waals surface area contributed by atoms with Crippen LogP contribution in [0.25, 0.3) is 16.9 Å². The predicted molar refractivity (Wildman–Crippen MR) is 85.3 cm³/mol. The summed E-state index contributed by atoms with van der Waals surface area (Å²) in [6.45, 7) is 0. The molecule has 0 amide bonds. The molecule has 3 aromatic rings. The summed E-state index contributed by atoms with van der Waals surface area (Å²) in [4.78, 5) is -0.140. The Morgan fingerprint density at radius 2 is 1.74 bits per heavy atom. The smallest absolute Gasteiger partial charge is 0.229 e. The van der Waals surface area contributed by atoms with E-state index in [1.165, 1.54) is 22.9 Å². The van der Waals surface area contributed by atoms with E-state index in [0.717, 1.165) is 6.20 Å². The topological polar surface area (TPSA) is 78.0 Å². The lowest BCUT2D eigenvalue weighted by atomic mass is 10.1. The molecule has 0 aliphatic carbocycles. The van der Waals surface area contributed by atoms with Crippen molar-refractivity contribution in [3.8, 4) is 16.9 Å². The third kappa shape index (κ3) is 2.98. The summed E-state index contributed by atoms with van der Waals surface area (Å²) in [5.74, 6) is -0.587. The summed E-state index contributed by atoms with van der Waals surface area (Å²) < 4.78 is 38.9. The van der Waals surface area contributed by atoms with Gasteiger partial charge >= 0.3 is 0 Å². The molecule has 2 aromatic carbocycles. The standard InChI is InChI=1S/C15H11ClFN3O2S/c16-11-7-5-10(6-8-11)15-12(17)9-19-20(15)13-3-1-2-4-14(13)23(18,21)22/h1-9H,(H2,18,21,22). The summed E-state index contributed by atoms with van der Waals surface area (Å²) >= 11 is 5.84. The van der Waals surface area contributed by atoms with E-state index in [1.54, 1.807) is 30.3 Å². The molecule has 0 bridgehead atoms. The number of hydrogen-bond donors (Lipinski definition) is 1. The molecule has 0 atom stereocenters. The Kier molecular flexibility index (Phi) is 3.93. The molecule has 3 rings (SSSR count). The van der Waals surface area contributed by atoms with Gasteiger partial charge in [-0.15, -0.1) is 0 Å². The van der Waals surface area contributed by atoms with Crippen LogP contribution in [0.4, 0.5) is 4.39 Å². The molecule has 0 aliphatic rings. The van der Waals surface area contributed by atoms with Gasteiger partial charge in [0.15, 0.2) is 5.82 Å². The van der Waals surface area contributed by atoms with E-state index in [4.69, 9.17) is 16.7 Å². The highest BCUT2D eigenvalue weighted by Gasteiger charge is 2.20.